The Morgan fingerprint density at radius 1 is 0.481 bits per heavy atom. The highest BCUT2D eigenvalue weighted by Crippen LogP contribution is 2.49. The average molecular weight is 706 g/mol. The summed E-state index contributed by atoms with van der Waals surface area (Å²) in [4.78, 5) is 4.21. The topological polar surface area (TPSA) is 12.4 Å². The smallest absolute Gasteiger partial charge is 0.0434 e. The highest BCUT2D eigenvalue weighted by Gasteiger charge is 2.21. The third kappa shape index (κ3) is 4.95. The number of fused-ring (bicyclic) bond motifs is 7. The van der Waals surface area contributed by atoms with Gasteiger partial charge in [-0.25, -0.2) is 0 Å². The van der Waals surface area contributed by atoms with Crippen LogP contribution in [0.15, 0.2) is 187 Å². The average Bonchev–Trinajstić information content (AvgIpc) is 3.60. The molecule has 0 aliphatic rings. The van der Waals surface area contributed by atoms with Crippen molar-refractivity contribution in [2.24, 2.45) is 4.99 Å². The first kappa shape index (κ1) is 32.1. The Morgan fingerprint density at radius 3 is 1.54 bits per heavy atom. The van der Waals surface area contributed by atoms with Crippen molar-refractivity contribution in [2.75, 3.05) is 0 Å². The SMILES string of the molecule is C=N/C=C(\C=C/C)c1c2ccccc2c(-c2cccc3c2sc2ccc(-c4c5ccccc5c(-c5ccccc5)c5ccccc45)cc23)c2ccccc12. The number of nitrogens with zero attached hydrogens (tertiary/aromatic N) is 1. The summed E-state index contributed by atoms with van der Waals surface area (Å²) in [7, 11) is 0. The normalized spacial score (nSPS) is 12.3. The van der Waals surface area contributed by atoms with Crippen molar-refractivity contribution in [1.82, 2.24) is 0 Å². The van der Waals surface area contributed by atoms with Crippen molar-refractivity contribution in [3.63, 3.8) is 0 Å². The highest BCUT2D eigenvalue weighted by molar-refractivity contribution is 7.26. The zero-order valence-electron chi connectivity index (χ0n) is 29.9. The Bertz CT molecular complexity index is 3060. The van der Waals surface area contributed by atoms with Crippen LogP contribution in [0.2, 0.25) is 0 Å². The first-order chi connectivity index (χ1) is 26.7. The fourth-order valence-corrected chi connectivity index (χ4v) is 9.91. The van der Waals surface area contributed by atoms with Crippen molar-refractivity contribution in [3.8, 4) is 33.4 Å². The number of aliphatic imine (C=N–C) groups is 1. The fraction of sp³-hybridized carbons (Fsp3) is 0.0192. The van der Waals surface area contributed by atoms with Gasteiger partial charge in [0.05, 0.1) is 0 Å². The van der Waals surface area contributed by atoms with Gasteiger partial charge in [-0.2, -0.15) is 0 Å². The van der Waals surface area contributed by atoms with Crippen molar-refractivity contribution < 1.29 is 0 Å². The first-order valence-corrected chi connectivity index (χ1v) is 19.2. The molecule has 1 aromatic heterocycles. The number of rotatable bonds is 6. The molecule has 1 nitrogen and oxygen atoms in total. The van der Waals surface area contributed by atoms with E-state index in [9.17, 15) is 0 Å². The largest absolute Gasteiger partial charge is 0.272 e. The lowest BCUT2D eigenvalue weighted by Gasteiger charge is -2.18. The summed E-state index contributed by atoms with van der Waals surface area (Å²) >= 11 is 1.89. The molecule has 0 unspecified atom stereocenters. The van der Waals surface area contributed by atoms with Crippen LogP contribution in [0.1, 0.15) is 12.5 Å². The van der Waals surface area contributed by atoms with E-state index in [0.717, 1.165) is 5.57 Å². The molecule has 0 saturated heterocycles. The second-order valence-corrected chi connectivity index (χ2v) is 14.9. The van der Waals surface area contributed by atoms with Crippen molar-refractivity contribution in [3.05, 3.63) is 188 Å². The van der Waals surface area contributed by atoms with Crippen LogP contribution < -0.4 is 0 Å². The third-order valence-corrected chi connectivity index (χ3v) is 12.1. The van der Waals surface area contributed by atoms with Crippen molar-refractivity contribution in [1.29, 1.82) is 0 Å². The molecule has 0 saturated carbocycles. The van der Waals surface area contributed by atoms with Gasteiger partial charge in [0, 0.05) is 37.5 Å². The Hall–Kier alpha value is -6.61. The lowest BCUT2D eigenvalue weighted by Crippen LogP contribution is -1.93. The number of benzene rings is 9. The van der Waals surface area contributed by atoms with Gasteiger partial charge in [0.15, 0.2) is 0 Å². The van der Waals surface area contributed by atoms with Crippen LogP contribution in [-0.2, 0) is 0 Å². The number of hydrogen-bond donors (Lipinski definition) is 0. The van der Waals surface area contributed by atoms with E-state index < -0.39 is 0 Å². The highest BCUT2D eigenvalue weighted by atomic mass is 32.1. The molecule has 10 rings (SSSR count). The minimum absolute atomic E-state index is 1.05. The minimum Gasteiger partial charge on any atom is -0.272 e. The van der Waals surface area contributed by atoms with Gasteiger partial charge in [-0.05, 0) is 102 Å². The van der Waals surface area contributed by atoms with E-state index in [1.807, 2.05) is 24.5 Å². The van der Waals surface area contributed by atoms with Gasteiger partial charge in [-0.15, -0.1) is 11.3 Å². The molecule has 0 atom stereocenters. The van der Waals surface area contributed by atoms with Gasteiger partial charge >= 0.3 is 0 Å². The monoisotopic (exact) mass is 705 g/mol. The predicted molar refractivity (Wildman–Crippen MR) is 238 cm³/mol. The maximum absolute atomic E-state index is 4.21. The van der Waals surface area contributed by atoms with Gasteiger partial charge in [0.2, 0.25) is 0 Å². The molecule has 9 aromatic carbocycles. The molecule has 0 amide bonds. The van der Waals surface area contributed by atoms with Crippen molar-refractivity contribution >= 4 is 86.9 Å². The Kier molecular flexibility index (Phi) is 7.79. The standard InChI is InChI=1S/C52H35NS/c1-3-16-35(32-53-2)50-40-23-11-13-25-42(40)51(43-26-14-12-24-41(43)50)45-28-15-27-44-46-31-34(29-30-47(46)54-52(44)45)49-38-21-9-7-19-36(38)48(33-17-5-4-6-18-33)37-20-8-10-22-39(37)49/h3-32H,2H2,1H3/b16-3-,35-32+. The molecule has 0 radical (unpaired) electrons. The quantitative estimate of drug-likeness (QED) is 0.0928. The molecule has 0 spiro atoms. The summed E-state index contributed by atoms with van der Waals surface area (Å²) in [5.41, 5.74) is 9.80. The molecule has 0 N–H and O–H groups in total. The maximum atomic E-state index is 4.21. The van der Waals surface area contributed by atoms with E-state index in [-0.39, 0.29) is 0 Å². The third-order valence-electron chi connectivity index (χ3n) is 10.8. The molecule has 0 bridgehead atoms. The van der Waals surface area contributed by atoms with Crippen LogP contribution in [0, 0.1) is 0 Å². The summed E-state index contributed by atoms with van der Waals surface area (Å²) in [6.45, 7) is 5.85. The molecule has 0 aliphatic heterocycles. The molecule has 254 valence electrons. The first-order valence-electron chi connectivity index (χ1n) is 18.4. The zero-order valence-corrected chi connectivity index (χ0v) is 30.7. The van der Waals surface area contributed by atoms with Crippen LogP contribution in [0.4, 0.5) is 0 Å². The van der Waals surface area contributed by atoms with Crippen LogP contribution >= 0.6 is 11.3 Å². The van der Waals surface area contributed by atoms with E-state index in [0.29, 0.717) is 0 Å². The lowest BCUT2D eigenvalue weighted by molar-refractivity contribution is 1.59. The predicted octanol–water partition coefficient (Wildman–Crippen LogP) is 15.3. The number of hydrogen-bond acceptors (Lipinski definition) is 2. The van der Waals surface area contributed by atoms with E-state index in [4.69, 9.17) is 0 Å². The van der Waals surface area contributed by atoms with Gasteiger partial charge in [0.25, 0.3) is 0 Å². The summed E-state index contributed by atoms with van der Waals surface area (Å²) in [6.07, 6.45) is 6.08. The molecule has 1 heterocycles. The summed E-state index contributed by atoms with van der Waals surface area (Å²) < 4.78 is 2.59. The van der Waals surface area contributed by atoms with Gasteiger partial charge in [0.1, 0.15) is 0 Å². The second-order valence-electron chi connectivity index (χ2n) is 13.8. The second kappa shape index (κ2) is 13.1. The number of thiophene rings is 1. The van der Waals surface area contributed by atoms with Crippen LogP contribution in [0.25, 0.3) is 102 Å². The Balaban J connectivity index is 1.25. The van der Waals surface area contributed by atoms with E-state index in [2.05, 4.69) is 188 Å². The Labute approximate surface area is 318 Å². The molecule has 2 heteroatoms. The van der Waals surface area contributed by atoms with Crippen LogP contribution in [-0.4, -0.2) is 6.72 Å². The van der Waals surface area contributed by atoms with Gasteiger partial charge in [-0.1, -0.05) is 164 Å². The zero-order chi connectivity index (χ0) is 36.2. The molecule has 0 aliphatic carbocycles. The van der Waals surface area contributed by atoms with E-state index in [1.165, 1.54) is 102 Å². The molecular weight excluding hydrogens is 671 g/mol. The molecular formula is C52H35NS. The van der Waals surface area contributed by atoms with E-state index in [1.54, 1.807) is 0 Å². The fourth-order valence-electron chi connectivity index (χ4n) is 8.70. The maximum Gasteiger partial charge on any atom is 0.0434 e. The summed E-state index contributed by atoms with van der Waals surface area (Å²) in [5, 5.41) is 12.5. The van der Waals surface area contributed by atoms with Gasteiger partial charge < -0.3 is 0 Å². The summed E-state index contributed by atoms with van der Waals surface area (Å²) in [5.74, 6) is 0. The van der Waals surface area contributed by atoms with Crippen LogP contribution in [0.3, 0.4) is 0 Å². The number of allylic oxidation sites excluding steroid dienone is 3. The Morgan fingerprint density at radius 2 is 0.981 bits per heavy atom. The summed E-state index contributed by atoms with van der Waals surface area (Å²) in [6, 6.07) is 60.2. The molecule has 54 heavy (non-hydrogen) atoms. The van der Waals surface area contributed by atoms with Crippen LogP contribution in [0.5, 0.6) is 0 Å². The van der Waals surface area contributed by atoms with Gasteiger partial charge in [-0.3, -0.25) is 4.99 Å². The molecule has 10 aromatic rings. The molecule has 0 fully saturated rings. The minimum atomic E-state index is 1.05. The van der Waals surface area contributed by atoms with E-state index >= 15 is 0 Å². The lowest BCUT2D eigenvalue weighted by atomic mass is 9.85. The van der Waals surface area contributed by atoms with Crippen molar-refractivity contribution in [2.45, 2.75) is 6.92 Å².